The zero-order valence-electron chi connectivity index (χ0n) is 7.86. The molecule has 1 aliphatic heterocycles. The summed E-state index contributed by atoms with van der Waals surface area (Å²) in [6.45, 7) is 1.14. The number of nitrogens with two attached hydrogens (primary N) is 1. The van der Waals surface area contributed by atoms with Gasteiger partial charge in [0.15, 0.2) is 0 Å². The van der Waals surface area contributed by atoms with E-state index in [-0.39, 0.29) is 6.01 Å². The van der Waals surface area contributed by atoms with Gasteiger partial charge >= 0.3 is 0 Å². The Morgan fingerprint density at radius 2 is 2.46 bits per heavy atom. The van der Waals surface area contributed by atoms with Gasteiger partial charge in [-0.3, -0.25) is 4.90 Å². The molecule has 0 radical (unpaired) electrons. The summed E-state index contributed by atoms with van der Waals surface area (Å²) in [5.74, 6) is 0. The lowest BCUT2D eigenvalue weighted by atomic mass is 10.0. The first-order chi connectivity index (χ1) is 6.27. The van der Waals surface area contributed by atoms with E-state index in [4.69, 9.17) is 10.2 Å². The zero-order valence-corrected chi connectivity index (χ0v) is 7.86. The van der Waals surface area contributed by atoms with E-state index in [0.29, 0.717) is 6.04 Å². The molecule has 1 fully saturated rings. The molecule has 4 nitrogen and oxygen atoms in total. The van der Waals surface area contributed by atoms with Crippen LogP contribution < -0.4 is 5.73 Å². The smallest absolute Gasteiger partial charge is 0.292 e. The van der Waals surface area contributed by atoms with Crippen molar-refractivity contribution in [2.24, 2.45) is 0 Å². The molecule has 72 valence electrons. The molecule has 2 heterocycles. The molecule has 13 heavy (non-hydrogen) atoms. The van der Waals surface area contributed by atoms with Crippen molar-refractivity contribution in [1.82, 2.24) is 9.88 Å². The average Bonchev–Trinajstić information content (AvgIpc) is 2.53. The topological polar surface area (TPSA) is 55.3 Å². The van der Waals surface area contributed by atoms with Crippen molar-refractivity contribution >= 4 is 6.01 Å². The third kappa shape index (κ3) is 1.67. The number of aromatic nitrogens is 1. The maximum Gasteiger partial charge on any atom is 0.292 e. The second-order valence-corrected chi connectivity index (χ2v) is 3.60. The highest BCUT2D eigenvalue weighted by molar-refractivity contribution is 5.15. The van der Waals surface area contributed by atoms with Crippen LogP contribution in [0.3, 0.4) is 0 Å². The molecule has 0 aromatic carbocycles. The van der Waals surface area contributed by atoms with Crippen molar-refractivity contribution in [3.05, 3.63) is 12.0 Å². The van der Waals surface area contributed by atoms with E-state index in [9.17, 15) is 0 Å². The summed E-state index contributed by atoms with van der Waals surface area (Å²) >= 11 is 0. The molecule has 1 aromatic rings. The Morgan fingerprint density at radius 1 is 1.62 bits per heavy atom. The molecule has 1 saturated heterocycles. The minimum atomic E-state index is 0.272. The monoisotopic (exact) mass is 181 g/mol. The van der Waals surface area contributed by atoms with Gasteiger partial charge in [-0.15, -0.1) is 0 Å². The van der Waals surface area contributed by atoms with E-state index in [2.05, 4.69) is 16.9 Å². The van der Waals surface area contributed by atoms with Gasteiger partial charge in [0.05, 0.1) is 11.7 Å². The molecule has 0 amide bonds. The van der Waals surface area contributed by atoms with Gasteiger partial charge in [-0.1, -0.05) is 6.42 Å². The van der Waals surface area contributed by atoms with E-state index < -0.39 is 0 Å². The Balaban J connectivity index is 2.14. The standard InChI is InChI=1S/C9H15N3O/c1-12-5-3-2-4-8(12)7-6-13-9(10)11-7/h6,8H,2-5H2,1H3,(H2,10,11). The van der Waals surface area contributed by atoms with Gasteiger partial charge in [0, 0.05) is 0 Å². The van der Waals surface area contributed by atoms with Crippen molar-refractivity contribution < 1.29 is 4.42 Å². The molecular formula is C9H15N3O. The van der Waals surface area contributed by atoms with Gasteiger partial charge < -0.3 is 10.2 Å². The number of hydrogen-bond acceptors (Lipinski definition) is 4. The highest BCUT2D eigenvalue weighted by Gasteiger charge is 2.23. The van der Waals surface area contributed by atoms with Gasteiger partial charge in [-0.25, -0.2) is 0 Å². The van der Waals surface area contributed by atoms with Crippen LogP contribution in [0.4, 0.5) is 6.01 Å². The van der Waals surface area contributed by atoms with Crippen LogP contribution in [0.25, 0.3) is 0 Å². The quantitative estimate of drug-likeness (QED) is 0.711. The predicted octanol–water partition coefficient (Wildman–Crippen LogP) is 1.41. The van der Waals surface area contributed by atoms with Crippen molar-refractivity contribution in [2.45, 2.75) is 25.3 Å². The van der Waals surface area contributed by atoms with E-state index in [1.165, 1.54) is 12.8 Å². The maximum atomic E-state index is 5.43. The SMILES string of the molecule is CN1CCCCC1c1coc(N)n1. The number of rotatable bonds is 1. The summed E-state index contributed by atoms with van der Waals surface area (Å²) in [5, 5.41) is 0. The van der Waals surface area contributed by atoms with Crippen LogP contribution in [0, 0.1) is 0 Å². The van der Waals surface area contributed by atoms with Crippen LogP contribution in [0.15, 0.2) is 10.7 Å². The number of oxazole rings is 1. The van der Waals surface area contributed by atoms with Crippen LogP contribution in [0.1, 0.15) is 31.0 Å². The van der Waals surface area contributed by atoms with Crippen LogP contribution in [0.5, 0.6) is 0 Å². The molecule has 2 N–H and O–H groups in total. The van der Waals surface area contributed by atoms with E-state index in [1.54, 1.807) is 6.26 Å². The number of nitrogen functional groups attached to an aromatic ring is 1. The summed E-state index contributed by atoms with van der Waals surface area (Å²) in [4.78, 5) is 6.46. The molecule has 1 atom stereocenters. The third-order valence-corrected chi connectivity index (χ3v) is 2.65. The predicted molar refractivity (Wildman–Crippen MR) is 50.1 cm³/mol. The number of piperidine rings is 1. The van der Waals surface area contributed by atoms with E-state index >= 15 is 0 Å². The molecule has 2 rings (SSSR count). The van der Waals surface area contributed by atoms with Gasteiger partial charge in [0.1, 0.15) is 6.26 Å². The maximum absolute atomic E-state index is 5.43. The summed E-state index contributed by atoms with van der Waals surface area (Å²) in [6, 6.07) is 0.670. The van der Waals surface area contributed by atoms with E-state index in [0.717, 1.165) is 18.7 Å². The lowest BCUT2D eigenvalue weighted by Crippen LogP contribution is -2.29. The van der Waals surface area contributed by atoms with E-state index in [1.807, 2.05) is 0 Å². The van der Waals surface area contributed by atoms with Crippen LogP contribution in [-0.2, 0) is 0 Å². The number of nitrogens with zero attached hydrogens (tertiary/aromatic N) is 2. The molecule has 0 saturated carbocycles. The lowest BCUT2D eigenvalue weighted by molar-refractivity contribution is 0.183. The van der Waals surface area contributed by atoms with Crippen LogP contribution in [0.2, 0.25) is 0 Å². The summed E-state index contributed by atoms with van der Waals surface area (Å²) in [5.41, 5.74) is 6.41. The normalized spacial score (nSPS) is 24.8. The minimum Gasteiger partial charge on any atom is -0.432 e. The Morgan fingerprint density at radius 3 is 3.08 bits per heavy atom. The summed E-state index contributed by atoms with van der Waals surface area (Å²) in [6.07, 6.45) is 5.37. The molecule has 0 spiro atoms. The highest BCUT2D eigenvalue weighted by atomic mass is 16.4. The molecular weight excluding hydrogens is 166 g/mol. The number of hydrogen-bond donors (Lipinski definition) is 1. The summed E-state index contributed by atoms with van der Waals surface area (Å²) in [7, 11) is 2.12. The van der Waals surface area contributed by atoms with Gasteiger partial charge in [0.2, 0.25) is 0 Å². The van der Waals surface area contributed by atoms with Crippen molar-refractivity contribution in [1.29, 1.82) is 0 Å². The average molecular weight is 181 g/mol. The molecule has 4 heteroatoms. The Kier molecular flexibility index (Phi) is 2.22. The minimum absolute atomic E-state index is 0.272. The second kappa shape index (κ2) is 3.38. The van der Waals surface area contributed by atoms with Crippen molar-refractivity contribution in [3.63, 3.8) is 0 Å². The fourth-order valence-corrected chi connectivity index (χ4v) is 1.90. The third-order valence-electron chi connectivity index (χ3n) is 2.65. The van der Waals surface area contributed by atoms with Crippen LogP contribution >= 0.6 is 0 Å². The largest absolute Gasteiger partial charge is 0.432 e. The number of likely N-dealkylation sites (tertiary alicyclic amines) is 1. The first kappa shape index (κ1) is 8.56. The Labute approximate surface area is 77.7 Å². The zero-order chi connectivity index (χ0) is 9.26. The van der Waals surface area contributed by atoms with Crippen LogP contribution in [-0.4, -0.2) is 23.5 Å². The lowest BCUT2D eigenvalue weighted by Gasteiger charge is -2.30. The highest BCUT2D eigenvalue weighted by Crippen LogP contribution is 2.28. The second-order valence-electron chi connectivity index (χ2n) is 3.60. The fourth-order valence-electron chi connectivity index (χ4n) is 1.90. The Bertz CT molecular complexity index is 284. The molecule has 1 unspecified atom stereocenters. The summed E-state index contributed by atoms with van der Waals surface area (Å²) < 4.78 is 5.01. The van der Waals surface area contributed by atoms with Crippen molar-refractivity contribution in [2.75, 3.05) is 19.3 Å². The molecule has 1 aromatic heterocycles. The van der Waals surface area contributed by atoms with Gasteiger partial charge in [0.25, 0.3) is 6.01 Å². The number of anilines is 1. The van der Waals surface area contributed by atoms with Gasteiger partial charge in [-0.05, 0) is 26.4 Å². The first-order valence-corrected chi connectivity index (χ1v) is 4.68. The first-order valence-electron chi connectivity index (χ1n) is 4.68. The van der Waals surface area contributed by atoms with Gasteiger partial charge in [-0.2, -0.15) is 4.98 Å². The molecule has 0 aliphatic carbocycles. The molecule has 0 bridgehead atoms. The van der Waals surface area contributed by atoms with Crippen molar-refractivity contribution in [3.8, 4) is 0 Å². The molecule has 1 aliphatic rings. The fraction of sp³-hybridized carbons (Fsp3) is 0.667. The Hall–Kier alpha value is -1.03.